The van der Waals surface area contributed by atoms with Gasteiger partial charge >= 0.3 is 35.5 Å². The fourth-order valence-corrected chi connectivity index (χ4v) is 1.82. The largest absolute Gasteiger partial charge is 1.00 e. The van der Waals surface area contributed by atoms with Crippen LogP contribution in [0.25, 0.3) is 0 Å². The average molecular weight is 342 g/mol. The summed E-state index contributed by atoms with van der Waals surface area (Å²) in [6, 6.07) is 0. The van der Waals surface area contributed by atoms with Crippen LogP contribution < -0.4 is 34.7 Å². The van der Waals surface area contributed by atoms with Gasteiger partial charge in [-0.1, -0.05) is 64.7 Å². The summed E-state index contributed by atoms with van der Waals surface area (Å²) in [6.45, 7) is 1.30. The van der Waals surface area contributed by atoms with E-state index in [-0.39, 0.29) is 29.6 Å². The van der Waals surface area contributed by atoms with Crippen molar-refractivity contribution in [3.8, 4) is 0 Å². The Balaban J connectivity index is -0.000000578. The van der Waals surface area contributed by atoms with Gasteiger partial charge in [-0.2, -0.15) is 0 Å². The maximum absolute atomic E-state index is 10.6. The van der Waals surface area contributed by atoms with E-state index >= 15 is 0 Å². The minimum Gasteiger partial charge on any atom is -0.548 e. The minimum atomic E-state index is -1.44. The van der Waals surface area contributed by atoms with Crippen molar-refractivity contribution in [3.05, 3.63) is 0 Å². The zero-order valence-electron chi connectivity index (χ0n) is 14.7. The molecule has 23 heavy (non-hydrogen) atoms. The molecule has 0 radical (unpaired) electrons. The van der Waals surface area contributed by atoms with Gasteiger partial charge < -0.3 is 24.9 Å². The molecule has 0 aromatic heterocycles. The first-order chi connectivity index (χ1) is 10.6. The van der Waals surface area contributed by atoms with E-state index in [1.54, 1.807) is 0 Å². The predicted molar refractivity (Wildman–Crippen MR) is 82.0 cm³/mol. The molecule has 0 spiro atoms. The molecule has 0 aromatic carbocycles. The van der Waals surface area contributed by atoms with Crippen LogP contribution in [0, 0.1) is 0 Å². The van der Waals surface area contributed by atoms with Crippen molar-refractivity contribution in [1.29, 1.82) is 0 Å². The monoisotopic (exact) mass is 342 g/mol. The standard InChI is InChI=1S/C14H28O3.C2H4O3.Na/c1-2-3-4-5-6-7-8-9-10-11-12-17-14(16)13-15;3-1-2(4)5;/h15H,2-13H2,1H3;3H,1H2,(H,4,5);/q;;+1/p-1. The molecule has 0 aliphatic carbocycles. The number of carbonyl (C=O) groups excluding carboxylic acids is 2. The number of aliphatic hydroxyl groups is 2. The molecule has 0 saturated carbocycles. The molecule has 0 rings (SSSR count). The molecule has 0 amide bonds. The molecular weight excluding hydrogens is 311 g/mol. The fourth-order valence-electron chi connectivity index (χ4n) is 1.82. The van der Waals surface area contributed by atoms with Gasteiger partial charge in [0, 0.05) is 0 Å². The number of carboxylic acids is 1. The number of carbonyl (C=O) groups is 2. The number of esters is 1. The molecule has 0 unspecified atom stereocenters. The zero-order chi connectivity index (χ0) is 17.1. The van der Waals surface area contributed by atoms with Crippen LogP contribution in [0.2, 0.25) is 0 Å². The van der Waals surface area contributed by atoms with Crippen molar-refractivity contribution >= 4 is 11.9 Å². The Hall–Kier alpha value is -0.140. The summed E-state index contributed by atoms with van der Waals surface area (Å²) in [5.41, 5.74) is 0. The summed E-state index contributed by atoms with van der Waals surface area (Å²) < 4.78 is 4.77. The van der Waals surface area contributed by atoms with Crippen molar-refractivity contribution in [3.63, 3.8) is 0 Å². The van der Waals surface area contributed by atoms with Crippen LogP contribution in [0.3, 0.4) is 0 Å². The smallest absolute Gasteiger partial charge is 0.548 e. The van der Waals surface area contributed by atoms with Crippen molar-refractivity contribution in [2.24, 2.45) is 0 Å². The van der Waals surface area contributed by atoms with Crippen LogP contribution in [0.5, 0.6) is 0 Å². The summed E-state index contributed by atoms with van der Waals surface area (Å²) in [5.74, 6) is -1.95. The van der Waals surface area contributed by atoms with Crippen LogP contribution >= 0.6 is 0 Å². The van der Waals surface area contributed by atoms with Crippen LogP contribution in [-0.4, -0.2) is 42.0 Å². The Morgan fingerprint density at radius 1 is 0.826 bits per heavy atom. The number of hydrogen-bond donors (Lipinski definition) is 2. The van der Waals surface area contributed by atoms with Gasteiger partial charge in [0.25, 0.3) is 0 Å². The van der Waals surface area contributed by atoms with Crippen molar-refractivity contribution in [1.82, 2.24) is 0 Å². The van der Waals surface area contributed by atoms with Gasteiger partial charge in [-0.3, -0.25) is 0 Å². The van der Waals surface area contributed by atoms with E-state index in [1.165, 1.54) is 51.4 Å². The molecule has 0 heterocycles. The second-order valence-electron chi connectivity index (χ2n) is 5.09. The average Bonchev–Trinajstić information content (AvgIpc) is 2.52. The number of carboxylic acid groups (broad SMARTS) is 1. The topological polar surface area (TPSA) is 107 Å². The van der Waals surface area contributed by atoms with Crippen LogP contribution in [-0.2, 0) is 14.3 Å². The Bertz CT molecular complexity index is 261. The van der Waals surface area contributed by atoms with Gasteiger partial charge in [-0.15, -0.1) is 0 Å². The van der Waals surface area contributed by atoms with E-state index in [0.717, 1.165) is 12.8 Å². The van der Waals surface area contributed by atoms with E-state index in [1.807, 2.05) is 0 Å². The van der Waals surface area contributed by atoms with Crippen molar-refractivity contribution in [2.45, 2.75) is 71.1 Å². The first-order valence-electron chi connectivity index (χ1n) is 8.15. The SMILES string of the molecule is CCCCCCCCCCCCOC(=O)CO.O=C([O-])CO.[Na+]. The number of rotatable bonds is 13. The van der Waals surface area contributed by atoms with Crippen LogP contribution in [0.4, 0.5) is 0 Å². The van der Waals surface area contributed by atoms with Gasteiger partial charge in [-0.25, -0.2) is 4.79 Å². The van der Waals surface area contributed by atoms with Gasteiger partial charge in [0.2, 0.25) is 0 Å². The maximum Gasteiger partial charge on any atom is 1.00 e. The minimum absolute atomic E-state index is 0. The third-order valence-corrected chi connectivity index (χ3v) is 3.02. The fraction of sp³-hybridized carbons (Fsp3) is 0.875. The first kappa shape index (κ1) is 27.7. The first-order valence-corrected chi connectivity index (χ1v) is 8.15. The molecule has 7 heteroatoms. The molecule has 2 N–H and O–H groups in total. The predicted octanol–water partition coefficient (Wildman–Crippen LogP) is -1.82. The molecule has 0 aliphatic rings. The Morgan fingerprint density at radius 2 is 1.22 bits per heavy atom. The summed E-state index contributed by atoms with van der Waals surface area (Å²) >= 11 is 0. The van der Waals surface area contributed by atoms with Crippen molar-refractivity contribution < 1.29 is 59.2 Å². The number of unbranched alkanes of at least 4 members (excludes halogenated alkanes) is 9. The summed E-state index contributed by atoms with van der Waals surface area (Å²) in [6.07, 6.45) is 12.7. The van der Waals surface area contributed by atoms with Gasteiger partial charge in [0.15, 0.2) is 0 Å². The number of aliphatic carboxylic acids is 1. The molecule has 0 atom stereocenters. The van der Waals surface area contributed by atoms with Crippen LogP contribution in [0.1, 0.15) is 71.1 Å². The molecule has 0 saturated heterocycles. The number of hydrogen-bond acceptors (Lipinski definition) is 6. The van der Waals surface area contributed by atoms with E-state index < -0.39 is 25.2 Å². The number of aliphatic hydroxyl groups excluding tert-OH is 2. The van der Waals surface area contributed by atoms with E-state index in [9.17, 15) is 4.79 Å². The van der Waals surface area contributed by atoms with Gasteiger partial charge in [-0.05, 0) is 6.42 Å². The Labute approximate surface area is 161 Å². The second kappa shape index (κ2) is 24.1. The normalized spacial score (nSPS) is 9.35. The van der Waals surface area contributed by atoms with Crippen molar-refractivity contribution in [2.75, 3.05) is 19.8 Å². The Kier molecular flexibility index (Phi) is 29.0. The molecule has 0 fully saturated rings. The van der Waals surface area contributed by atoms with E-state index in [4.69, 9.17) is 24.9 Å². The molecule has 0 aromatic rings. The molecular formula is C16H31NaO6. The second-order valence-corrected chi connectivity index (χ2v) is 5.09. The molecule has 132 valence electrons. The summed E-state index contributed by atoms with van der Waals surface area (Å²) in [4.78, 5) is 19.6. The Morgan fingerprint density at radius 3 is 1.57 bits per heavy atom. The van der Waals surface area contributed by atoms with E-state index in [0.29, 0.717) is 6.61 Å². The van der Waals surface area contributed by atoms with Gasteiger partial charge in [0.1, 0.15) is 6.61 Å². The van der Waals surface area contributed by atoms with E-state index in [2.05, 4.69) is 6.92 Å². The molecule has 0 bridgehead atoms. The summed E-state index contributed by atoms with van der Waals surface area (Å²) in [5, 5.41) is 24.9. The third-order valence-electron chi connectivity index (χ3n) is 3.02. The van der Waals surface area contributed by atoms with Crippen LogP contribution in [0.15, 0.2) is 0 Å². The molecule has 6 nitrogen and oxygen atoms in total. The number of ether oxygens (including phenoxy) is 1. The zero-order valence-corrected chi connectivity index (χ0v) is 16.7. The molecule has 0 aliphatic heterocycles. The maximum atomic E-state index is 10.6. The summed E-state index contributed by atoms with van der Waals surface area (Å²) in [7, 11) is 0. The third kappa shape index (κ3) is 30.3. The quantitative estimate of drug-likeness (QED) is 0.232. The van der Waals surface area contributed by atoms with Gasteiger partial charge in [0.05, 0.1) is 19.2 Å².